The molecule has 4 rings (SSSR count). The largest absolute Gasteiger partial charge is 0.496 e. The van der Waals surface area contributed by atoms with Crippen LogP contribution in [-0.2, 0) is 0 Å². The first kappa shape index (κ1) is 13.8. The second kappa shape index (κ2) is 5.10. The third-order valence-corrected chi connectivity index (χ3v) is 5.23. The lowest BCUT2D eigenvalue weighted by Crippen LogP contribution is -2.34. The van der Waals surface area contributed by atoms with Gasteiger partial charge in [-0.05, 0) is 56.5 Å². The molecule has 1 fully saturated rings. The van der Waals surface area contributed by atoms with Crippen molar-refractivity contribution in [2.75, 3.05) is 14.2 Å². The van der Waals surface area contributed by atoms with Crippen molar-refractivity contribution in [1.82, 2.24) is 9.88 Å². The Hall–Kier alpha value is -1.87. The fourth-order valence-corrected chi connectivity index (χ4v) is 3.95. The SMILES string of the molecule is COc1cc(C)nc2ccc(C3=CC4CC[C@H](C3)N4C)cc12. The van der Waals surface area contributed by atoms with Gasteiger partial charge in [0.05, 0.1) is 12.6 Å². The molecule has 22 heavy (non-hydrogen) atoms. The van der Waals surface area contributed by atoms with Crippen LogP contribution in [0.5, 0.6) is 5.75 Å². The maximum Gasteiger partial charge on any atom is 0.130 e. The normalized spacial score (nSPS) is 24.6. The molecule has 0 amide bonds. The van der Waals surface area contributed by atoms with E-state index in [-0.39, 0.29) is 0 Å². The van der Waals surface area contributed by atoms with Gasteiger partial charge in [0.15, 0.2) is 0 Å². The van der Waals surface area contributed by atoms with E-state index in [0.717, 1.165) is 28.8 Å². The van der Waals surface area contributed by atoms with Crippen molar-refractivity contribution in [1.29, 1.82) is 0 Å². The molecule has 2 aliphatic heterocycles. The van der Waals surface area contributed by atoms with Crippen LogP contribution >= 0.6 is 0 Å². The highest BCUT2D eigenvalue weighted by Crippen LogP contribution is 2.38. The summed E-state index contributed by atoms with van der Waals surface area (Å²) in [6.07, 6.45) is 6.22. The van der Waals surface area contributed by atoms with Crippen molar-refractivity contribution < 1.29 is 4.74 Å². The maximum absolute atomic E-state index is 5.55. The van der Waals surface area contributed by atoms with E-state index < -0.39 is 0 Å². The summed E-state index contributed by atoms with van der Waals surface area (Å²) < 4.78 is 5.55. The number of likely N-dealkylation sites (N-methyl/N-ethyl adjacent to an activating group) is 1. The summed E-state index contributed by atoms with van der Waals surface area (Å²) >= 11 is 0. The Labute approximate surface area is 131 Å². The zero-order valence-electron chi connectivity index (χ0n) is 13.5. The van der Waals surface area contributed by atoms with Gasteiger partial charge in [-0.15, -0.1) is 0 Å². The molecule has 2 aliphatic rings. The van der Waals surface area contributed by atoms with Gasteiger partial charge in [0.25, 0.3) is 0 Å². The van der Waals surface area contributed by atoms with Crippen LogP contribution in [0.3, 0.4) is 0 Å². The zero-order chi connectivity index (χ0) is 15.3. The highest BCUT2D eigenvalue weighted by molar-refractivity contribution is 5.89. The van der Waals surface area contributed by atoms with E-state index in [2.05, 4.69) is 41.2 Å². The molecule has 1 saturated heterocycles. The lowest BCUT2D eigenvalue weighted by Gasteiger charge is -2.30. The molecule has 2 atom stereocenters. The van der Waals surface area contributed by atoms with Crippen LogP contribution in [0.15, 0.2) is 30.3 Å². The van der Waals surface area contributed by atoms with Crippen molar-refractivity contribution in [2.24, 2.45) is 0 Å². The van der Waals surface area contributed by atoms with Crippen LogP contribution in [0.2, 0.25) is 0 Å². The molecule has 0 radical (unpaired) electrons. The van der Waals surface area contributed by atoms with Gasteiger partial charge in [-0.3, -0.25) is 9.88 Å². The first-order valence-corrected chi connectivity index (χ1v) is 8.04. The Balaban J connectivity index is 1.80. The van der Waals surface area contributed by atoms with E-state index in [4.69, 9.17) is 4.74 Å². The van der Waals surface area contributed by atoms with Crippen LogP contribution in [0, 0.1) is 6.92 Å². The Morgan fingerprint density at radius 2 is 2.09 bits per heavy atom. The van der Waals surface area contributed by atoms with Crippen molar-refractivity contribution in [3.63, 3.8) is 0 Å². The minimum Gasteiger partial charge on any atom is -0.496 e. The second-order valence-electron chi connectivity index (χ2n) is 6.56. The molecule has 0 aliphatic carbocycles. The lowest BCUT2D eigenvalue weighted by molar-refractivity contribution is 0.264. The van der Waals surface area contributed by atoms with Crippen molar-refractivity contribution in [3.05, 3.63) is 41.6 Å². The number of nitrogens with zero attached hydrogens (tertiary/aromatic N) is 2. The fourth-order valence-electron chi connectivity index (χ4n) is 3.95. The molecule has 0 spiro atoms. The number of rotatable bonds is 2. The molecule has 0 N–H and O–H groups in total. The molecule has 3 heteroatoms. The van der Waals surface area contributed by atoms with Gasteiger partial charge in [-0.1, -0.05) is 12.1 Å². The molecule has 2 aromatic rings. The number of hydrogen-bond acceptors (Lipinski definition) is 3. The van der Waals surface area contributed by atoms with Gasteiger partial charge in [0.1, 0.15) is 5.75 Å². The molecule has 3 heterocycles. The number of aryl methyl sites for hydroxylation is 1. The highest BCUT2D eigenvalue weighted by Gasteiger charge is 2.33. The zero-order valence-corrected chi connectivity index (χ0v) is 13.5. The van der Waals surface area contributed by atoms with Crippen LogP contribution in [0.1, 0.15) is 30.5 Å². The van der Waals surface area contributed by atoms with Crippen LogP contribution in [0.25, 0.3) is 16.5 Å². The molecular formula is C19H22N2O. The van der Waals surface area contributed by atoms with Crippen LogP contribution < -0.4 is 4.74 Å². The van der Waals surface area contributed by atoms with E-state index in [1.165, 1.54) is 24.0 Å². The third-order valence-electron chi connectivity index (χ3n) is 5.23. The first-order chi connectivity index (χ1) is 10.7. The number of methoxy groups -OCH3 is 1. The predicted molar refractivity (Wildman–Crippen MR) is 90.2 cm³/mol. The van der Waals surface area contributed by atoms with E-state index in [1.807, 2.05) is 13.0 Å². The van der Waals surface area contributed by atoms with E-state index >= 15 is 0 Å². The van der Waals surface area contributed by atoms with Crippen molar-refractivity contribution >= 4 is 16.5 Å². The Kier molecular flexibility index (Phi) is 3.19. The Bertz CT molecular complexity index is 765. The van der Waals surface area contributed by atoms with Gasteiger partial charge < -0.3 is 4.74 Å². The molecular weight excluding hydrogens is 272 g/mol. The minimum absolute atomic E-state index is 0.613. The van der Waals surface area contributed by atoms with E-state index in [9.17, 15) is 0 Å². The number of aromatic nitrogens is 1. The fraction of sp³-hybridized carbons (Fsp3) is 0.421. The van der Waals surface area contributed by atoms with Gasteiger partial charge >= 0.3 is 0 Å². The predicted octanol–water partition coefficient (Wildman–Crippen LogP) is 3.80. The molecule has 1 aromatic carbocycles. The van der Waals surface area contributed by atoms with Gasteiger partial charge in [0.2, 0.25) is 0 Å². The standard InChI is InChI=1S/C19H22N2O/c1-12-8-19(22-3)17-11-13(4-7-18(17)20-12)14-9-15-5-6-16(10-14)21(15)2/h4,7-9,11,15-16H,5-6,10H2,1-3H3/t15?,16-/m1/s1. The van der Waals surface area contributed by atoms with Crippen molar-refractivity contribution in [3.8, 4) is 5.75 Å². The van der Waals surface area contributed by atoms with Crippen molar-refractivity contribution in [2.45, 2.75) is 38.3 Å². The summed E-state index contributed by atoms with van der Waals surface area (Å²) in [6, 6.07) is 9.92. The van der Waals surface area contributed by atoms with E-state index in [1.54, 1.807) is 7.11 Å². The monoisotopic (exact) mass is 294 g/mol. The smallest absolute Gasteiger partial charge is 0.130 e. The van der Waals surface area contributed by atoms with Crippen LogP contribution in [0.4, 0.5) is 0 Å². The summed E-state index contributed by atoms with van der Waals surface area (Å²) in [7, 11) is 3.99. The molecule has 1 unspecified atom stereocenters. The van der Waals surface area contributed by atoms with Gasteiger partial charge in [-0.25, -0.2) is 0 Å². The number of fused-ring (bicyclic) bond motifs is 3. The average molecular weight is 294 g/mol. The van der Waals surface area contributed by atoms with Gasteiger partial charge in [0, 0.05) is 29.2 Å². The Morgan fingerprint density at radius 3 is 2.86 bits per heavy atom. The summed E-state index contributed by atoms with van der Waals surface area (Å²) in [5, 5.41) is 1.11. The average Bonchev–Trinajstić information content (AvgIpc) is 2.75. The quantitative estimate of drug-likeness (QED) is 0.842. The number of benzene rings is 1. The summed E-state index contributed by atoms with van der Waals surface area (Å²) in [6.45, 7) is 2.01. The van der Waals surface area contributed by atoms with Gasteiger partial charge in [-0.2, -0.15) is 0 Å². The summed E-state index contributed by atoms with van der Waals surface area (Å²) in [5.41, 5.74) is 4.81. The number of pyridine rings is 1. The molecule has 0 saturated carbocycles. The van der Waals surface area contributed by atoms with Crippen LogP contribution in [-0.4, -0.2) is 36.1 Å². The Morgan fingerprint density at radius 1 is 1.23 bits per heavy atom. The maximum atomic E-state index is 5.55. The molecule has 114 valence electrons. The molecule has 1 aromatic heterocycles. The summed E-state index contributed by atoms with van der Waals surface area (Å²) in [4.78, 5) is 7.14. The number of ether oxygens (including phenoxy) is 1. The summed E-state index contributed by atoms with van der Waals surface area (Å²) in [5.74, 6) is 0.917. The van der Waals surface area contributed by atoms with E-state index in [0.29, 0.717) is 12.1 Å². The number of hydrogen-bond donors (Lipinski definition) is 0. The molecule has 2 bridgehead atoms. The topological polar surface area (TPSA) is 25.4 Å². The minimum atomic E-state index is 0.613. The second-order valence-corrected chi connectivity index (χ2v) is 6.56. The highest BCUT2D eigenvalue weighted by atomic mass is 16.5. The third kappa shape index (κ3) is 2.12. The first-order valence-electron chi connectivity index (χ1n) is 8.04. The molecule has 3 nitrogen and oxygen atoms in total. The lowest BCUT2D eigenvalue weighted by atomic mass is 9.94.